The Balaban J connectivity index is 0.00000280. The average molecular weight is 402 g/mol. The molecule has 0 spiro atoms. The Kier molecular flexibility index (Phi) is 5.86. The summed E-state index contributed by atoms with van der Waals surface area (Å²) in [4.78, 5) is 10.5. The molecule has 0 unspecified atom stereocenters. The third-order valence-corrected chi connectivity index (χ3v) is 4.17. The number of phenols is 1. The molecule has 0 heterocycles. The lowest BCUT2D eigenvalue weighted by atomic mass is 10.0. The van der Waals surface area contributed by atoms with Crippen LogP contribution in [0.5, 0.6) is 5.75 Å². The summed E-state index contributed by atoms with van der Waals surface area (Å²) in [7, 11) is 6.05. The van der Waals surface area contributed by atoms with E-state index < -0.39 is 4.92 Å². The van der Waals surface area contributed by atoms with Crippen molar-refractivity contribution in [2.24, 2.45) is 10.2 Å². The molecule has 28 heavy (non-hydrogen) atoms. The van der Waals surface area contributed by atoms with Gasteiger partial charge in [0.05, 0.1) is 37.1 Å². The number of halogens is 1. The SMILES string of the molecule is C[N+](C)(C)c1cccc2ccc(O)c(N=Nc3ccc(N)c([N+](=O)[O-])c3)c12.[Cl-]. The number of phenolic OH excluding ortho intramolecular Hbond substituents is 1. The number of hydrogen-bond acceptors (Lipinski definition) is 6. The van der Waals surface area contributed by atoms with Gasteiger partial charge in [0.2, 0.25) is 0 Å². The van der Waals surface area contributed by atoms with Crippen LogP contribution in [0.4, 0.5) is 28.4 Å². The van der Waals surface area contributed by atoms with Crippen molar-refractivity contribution in [3.63, 3.8) is 0 Å². The number of nitrogens with zero attached hydrogens (tertiary/aromatic N) is 4. The molecule has 3 N–H and O–H groups in total. The Hall–Kier alpha value is -3.23. The molecular weight excluding hydrogens is 382 g/mol. The van der Waals surface area contributed by atoms with Crippen LogP contribution in [0.15, 0.2) is 58.8 Å². The van der Waals surface area contributed by atoms with E-state index in [2.05, 4.69) is 10.2 Å². The molecule has 0 atom stereocenters. The summed E-state index contributed by atoms with van der Waals surface area (Å²) in [5, 5.41) is 31.4. The standard InChI is InChI=1S/C19H19N5O3.ClH/c1-24(2,3)16-6-4-5-12-7-10-17(25)19(18(12)16)22-21-13-8-9-14(20)15(11-13)23(26)27;/h4-11H,1-3H3,(H2-,20,21,22,25);1H. The minimum Gasteiger partial charge on any atom is -1.00 e. The van der Waals surface area contributed by atoms with Crippen molar-refractivity contribution >= 4 is 39.2 Å². The fraction of sp³-hybridized carbons (Fsp3) is 0.158. The molecule has 0 amide bonds. The van der Waals surface area contributed by atoms with E-state index in [-0.39, 0.29) is 35.2 Å². The number of nitrogens with two attached hydrogens (primary N) is 1. The number of benzene rings is 3. The summed E-state index contributed by atoms with van der Waals surface area (Å²) >= 11 is 0. The zero-order valence-electron chi connectivity index (χ0n) is 15.6. The Morgan fingerprint density at radius 2 is 1.79 bits per heavy atom. The molecule has 0 aromatic heterocycles. The predicted octanol–water partition coefficient (Wildman–Crippen LogP) is 1.65. The topological polar surface area (TPSA) is 114 Å². The molecule has 3 aromatic carbocycles. The van der Waals surface area contributed by atoms with E-state index in [1.807, 2.05) is 45.4 Å². The quantitative estimate of drug-likeness (QED) is 0.227. The number of hydrogen-bond donors (Lipinski definition) is 2. The van der Waals surface area contributed by atoms with Gasteiger partial charge in [0, 0.05) is 6.07 Å². The predicted molar refractivity (Wildman–Crippen MR) is 107 cm³/mol. The first-order valence-corrected chi connectivity index (χ1v) is 8.21. The Morgan fingerprint density at radius 1 is 1.07 bits per heavy atom. The van der Waals surface area contributed by atoms with Crippen LogP contribution in [-0.2, 0) is 0 Å². The number of azo groups is 1. The van der Waals surface area contributed by atoms with Crippen LogP contribution in [0.1, 0.15) is 0 Å². The van der Waals surface area contributed by atoms with Crippen LogP contribution in [-0.4, -0.2) is 31.2 Å². The third kappa shape index (κ3) is 4.03. The second kappa shape index (κ2) is 7.79. The molecule has 0 aliphatic heterocycles. The Bertz CT molecular complexity index is 1080. The van der Waals surface area contributed by atoms with Gasteiger partial charge < -0.3 is 23.2 Å². The first-order valence-electron chi connectivity index (χ1n) is 8.21. The molecule has 0 aliphatic carbocycles. The van der Waals surface area contributed by atoms with Gasteiger partial charge in [0.25, 0.3) is 5.69 Å². The zero-order valence-corrected chi connectivity index (χ0v) is 16.4. The van der Waals surface area contributed by atoms with Crippen molar-refractivity contribution in [1.82, 2.24) is 4.48 Å². The number of anilines is 1. The van der Waals surface area contributed by atoms with E-state index in [4.69, 9.17) is 5.73 Å². The molecule has 0 saturated carbocycles. The highest BCUT2D eigenvalue weighted by atomic mass is 35.5. The molecular formula is C19H20ClN5O3. The molecule has 3 aromatic rings. The van der Waals surface area contributed by atoms with E-state index in [0.29, 0.717) is 10.2 Å². The second-order valence-corrected chi connectivity index (χ2v) is 7.02. The zero-order chi connectivity index (χ0) is 19.8. The van der Waals surface area contributed by atoms with E-state index >= 15 is 0 Å². The highest BCUT2D eigenvalue weighted by Crippen LogP contribution is 2.42. The summed E-state index contributed by atoms with van der Waals surface area (Å²) in [6.45, 7) is 0. The van der Waals surface area contributed by atoms with Crippen LogP contribution in [0.25, 0.3) is 10.8 Å². The van der Waals surface area contributed by atoms with Crippen molar-refractivity contribution in [3.05, 3.63) is 58.6 Å². The normalized spacial score (nSPS) is 11.5. The van der Waals surface area contributed by atoms with E-state index in [1.165, 1.54) is 18.2 Å². The maximum atomic E-state index is 11.0. The van der Waals surface area contributed by atoms with Gasteiger partial charge in [-0.2, -0.15) is 5.11 Å². The van der Waals surface area contributed by atoms with Gasteiger partial charge in [-0.1, -0.05) is 18.2 Å². The van der Waals surface area contributed by atoms with Crippen molar-refractivity contribution in [2.45, 2.75) is 0 Å². The number of aromatic hydroxyl groups is 1. The minimum absolute atomic E-state index is 0. The van der Waals surface area contributed by atoms with Gasteiger partial charge in [0.15, 0.2) is 0 Å². The third-order valence-electron chi connectivity index (χ3n) is 4.17. The monoisotopic (exact) mass is 401 g/mol. The van der Waals surface area contributed by atoms with E-state index in [1.54, 1.807) is 6.07 Å². The van der Waals surface area contributed by atoms with Crippen molar-refractivity contribution in [2.75, 3.05) is 26.9 Å². The summed E-state index contributed by atoms with van der Waals surface area (Å²) in [5.74, 6) is -0.0166. The largest absolute Gasteiger partial charge is 1.00 e. The van der Waals surface area contributed by atoms with E-state index in [9.17, 15) is 15.2 Å². The number of nitrogen functional groups attached to an aromatic ring is 1. The smallest absolute Gasteiger partial charge is 0.294 e. The maximum absolute atomic E-state index is 11.0. The van der Waals surface area contributed by atoms with Gasteiger partial charge in [-0.15, -0.1) is 5.11 Å². The number of nitro benzene ring substituents is 1. The van der Waals surface area contributed by atoms with Gasteiger partial charge in [0.1, 0.15) is 22.8 Å². The van der Waals surface area contributed by atoms with E-state index in [0.717, 1.165) is 16.5 Å². The van der Waals surface area contributed by atoms with Crippen molar-refractivity contribution in [1.29, 1.82) is 0 Å². The number of fused-ring (bicyclic) bond motifs is 1. The van der Waals surface area contributed by atoms with Gasteiger partial charge in [-0.3, -0.25) is 14.6 Å². The first-order chi connectivity index (χ1) is 12.7. The lowest BCUT2D eigenvalue weighted by molar-refractivity contribution is -0.383. The van der Waals surface area contributed by atoms with Crippen LogP contribution in [0.3, 0.4) is 0 Å². The van der Waals surface area contributed by atoms with Crippen molar-refractivity contribution < 1.29 is 22.4 Å². The summed E-state index contributed by atoms with van der Waals surface area (Å²) < 4.78 is 0.524. The number of nitro groups is 1. The lowest BCUT2D eigenvalue weighted by Gasteiger charge is -2.25. The second-order valence-electron chi connectivity index (χ2n) is 7.02. The van der Waals surface area contributed by atoms with Crippen LogP contribution < -0.4 is 22.6 Å². The van der Waals surface area contributed by atoms with Gasteiger partial charge >= 0.3 is 0 Å². The molecule has 8 nitrogen and oxygen atoms in total. The van der Waals surface area contributed by atoms with Crippen LogP contribution in [0.2, 0.25) is 0 Å². The summed E-state index contributed by atoms with van der Waals surface area (Å²) in [6.07, 6.45) is 0. The fourth-order valence-corrected chi connectivity index (χ4v) is 2.85. The molecule has 0 radical (unpaired) electrons. The Labute approximate surface area is 168 Å². The molecule has 3 rings (SSSR count). The molecule has 146 valence electrons. The molecule has 0 saturated heterocycles. The summed E-state index contributed by atoms with van der Waals surface area (Å²) in [6, 6.07) is 13.4. The lowest BCUT2D eigenvalue weighted by Crippen LogP contribution is -3.00. The van der Waals surface area contributed by atoms with Gasteiger partial charge in [-0.05, 0) is 29.7 Å². The van der Waals surface area contributed by atoms with Crippen LogP contribution >= 0.6 is 0 Å². The maximum Gasteiger partial charge on any atom is 0.294 e. The highest BCUT2D eigenvalue weighted by molar-refractivity contribution is 6.03. The molecule has 0 fully saturated rings. The van der Waals surface area contributed by atoms with Gasteiger partial charge in [-0.25, -0.2) is 0 Å². The molecule has 0 bridgehead atoms. The Morgan fingerprint density at radius 3 is 2.43 bits per heavy atom. The first kappa shape index (κ1) is 21.1. The highest BCUT2D eigenvalue weighted by Gasteiger charge is 2.20. The molecule has 0 aliphatic rings. The van der Waals surface area contributed by atoms with Crippen molar-refractivity contribution in [3.8, 4) is 5.75 Å². The average Bonchev–Trinajstić information content (AvgIpc) is 2.60. The number of rotatable bonds is 4. The molecule has 9 heteroatoms. The summed E-state index contributed by atoms with van der Waals surface area (Å²) in [5.41, 5.74) is 6.97. The number of quaternary nitrogens is 1. The fourth-order valence-electron chi connectivity index (χ4n) is 2.85. The minimum atomic E-state index is -0.571. The van der Waals surface area contributed by atoms with Crippen LogP contribution in [0, 0.1) is 10.1 Å².